The van der Waals surface area contributed by atoms with Gasteiger partial charge in [-0.3, -0.25) is 0 Å². The van der Waals surface area contributed by atoms with E-state index in [-0.39, 0.29) is 0 Å². The largest absolute Gasteiger partial charge is 0.497 e. The van der Waals surface area contributed by atoms with E-state index in [1.807, 2.05) is 36.5 Å². The lowest BCUT2D eigenvalue weighted by Gasteiger charge is -2.02. The van der Waals surface area contributed by atoms with Crippen molar-refractivity contribution in [3.05, 3.63) is 42.2 Å². The van der Waals surface area contributed by atoms with Crippen molar-refractivity contribution in [1.82, 2.24) is 9.78 Å². The van der Waals surface area contributed by atoms with Crippen LogP contribution in [0.15, 0.2) is 36.5 Å². The van der Waals surface area contributed by atoms with Crippen molar-refractivity contribution in [2.24, 2.45) is 5.73 Å². The lowest BCUT2D eigenvalue weighted by atomic mass is 10.3. The van der Waals surface area contributed by atoms with Crippen molar-refractivity contribution in [2.75, 3.05) is 7.11 Å². The quantitative estimate of drug-likeness (QED) is 0.819. The van der Waals surface area contributed by atoms with Gasteiger partial charge in [0.05, 0.1) is 18.5 Å². The molecule has 1 aromatic heterocycles. The first kappa shape index (κ1) is 9.73. The maximum Gasteiger partial charge on any atom is 0.119 e. The molecule has 0 aliphatic heterocycles. The monoisotopic (exact) mass is 203 g/mol. The number of benzene rings is 1. The number of aromatic nitrogens is 2. The van der Waals surface area contributed by atoms with Crippen molar-refractivity contribution >= 4 is 0 Å². The molecule has 0 fully saturated rings. The van der Waals surface area contributed by atoms with Crippen LogP contribution < -0.4 is 10.5 Å². The maximum atomic E-state index is 5.49. The van der Waals surface area contributed by atoms with Gasteiger partial charge in [0.25, 0.3) is 0 Å². The third-order valence-electron chi connectivity index (χ3n) is 2.19. The van der Waals surface area contributed by atoms with E-state index in [0.29, 0.717) is 6.54 Å². The fraction of sp³-hybridized carbons (Fsp3) is 0.182. The summed E-state index contributed by atoms with van der Waals surface area (Å²) in [6, 6.07) is 9.61. The molecular formula is C11H13N3O. The van der Waals surface area contributed by atoms with Gasteiger partial charge in [-0.1, -0.05) is 0 Å². The van der Waals surface area contributed by atoms with Gasteiger partial charge in [0.15, 0.2) is 0 Å². The van der Waals surface area contributed by atoms with Gasteiger partial charge in [-0.25, -0.2) is 4.68 Å². The second-order valence-electron chi connectivity index (χ2n) is 3.15. The Morgan fingerprint density at radius 3 is 2.53 bits per heavy atom. The number of hydrogen-bond acceptors (Lipinski definition) is 3. The molecule has 0 spiro atoms. The van der Waals surface area contributed by atoms with E-state index >= 15 is 0 Å². The Labute approximate surface area is 88.3 Å². The van der Waals surface area contributed by atoms with E-state index in [9.17, 15) is 0 Å². The average molecular weight is 203 g/mol. The molecule has 0 aliphatic carbocycles. The third-order valence-corrected chi connectivity index (χ3v) is 2.19. The molecular weight excluding hydrogens is 190 g/mol. The highest BCUT2D eigenvalue weighted by Crippen LogP contribution is 2.14. The number of hydrogen-bond donors (Lipinski definition) is 1. The normalized spacial score (nSPS) is 10.3. The van der Waals surface area contributed by atoms with Gasteiger partial charge < -0.3 is 10.5 Å². The molecule has 0 atom stereocenters. The number of rotatable bonds is 3. The van der Waals surface area contributed by atoms with Crippen LogP contribution in [0, 0.1) is 0 Å². The zero-order valence-corrected chi connectivity index (χ0v) is 8.55. The molecule has 1 aromatic carbocycles. The van der Waals surface area contributed by atoms with Crippen molar-refractivity contribution in [1.29, 1.82) is 0 Å². The van der Waals surface area contributed by atoms with E-state index < -0.39 is 0 Å². The summed E-state index contributed by atoms with van der Waals surface area (Å²) in [4.78, 5) is 0. The van der Waals surface area contributed by atoms with Gasteiger partial charge in [-0.15, -0.1) is 0 Å². The fourth-order valence-electron chi connectivity index (χ4n) is 1.35. The minimum absolute atomic E-state index is 0.461. The Morgan fingerprint density at radius 1 is 1.27 bits per heavy atom. The lowest BCUT2D eigenvalue weighted by molar-refractivity contribution is 0.414. The Balaban J connectivity index is 2.28. The van der Waals surface area contributed by atoms with Crippen LogP contribution >= 0.6 is 0 Å². The topological polar surface area (TPSA) is 53.1 Å². The molecule has 0 bridgehead atoms. The predicted octanol–water partition coefficient (Wildman–Crippen LogP) is 1.34. The van der Waals surface area contributed by atoms with E-state index in [1.54, 1.807) is 11.8 Å². The Hall–Kier alpha value is -1.81. The highest BCUT2D eigenvalue weighted by atomic mass is 16.5. The number of methoxy groups -OCH3 is 1. The Kier molecular flexibility index (Phi) is 2.69. The van der Waals surface area contributed by atoms with Crippen LogP contribution in [0.25, 0.3) is 5.69 Å². The Bertz CT molecular complexity index is 433. The highest BCUT2D eigenvalue weighted by Gasteiger charge is 1.99. The first-order chi connectivity index (χ1) is 7.33. The lowest BCUT2D eigenvalue weighted by Crippen LogP contribution is -2.00. The van der Waals surface area contributed by atoms with Crippen LogP contribution in [0.4, 0.5) is 0 Å². The molecule has 4 nitrogen and oxygen atoms in total. The van der Waals surface area contributed by atoms with Gasteiger partial charge in [0.2, 0.25) is 0 Å². The Morgan fingerprint density at radius 2 is 2.00 bits per heavy atom. The van der Waals surface area contributed by atoms with Crippen LogP contribution in [0.5, 0.6) is 5.75 Å². The molecule has 0 radical (unpaired) electrons. The van der Waals surface area contributed by atoms with Crippen LogP contribution in [0.2, 0.25) is 0 Å². The van der Waals surface area contributed by atoms with Gasteiger partial charge in [-0.2, -0.15) is 5.10 Å². The van der Waals surface area contributed by atoms with Gasteiger partial charge >= 0.3 is 0 Å². The van der Waals surface area contributed by atoms with E-state index in [2.05, 4.69) is 5.10 Å². The van der Waals surface area contributed by atoms with Crippen LogP contribution in [0.3, 0.4) is 0 Å². The summed E-state index contributed by atoms with van der Waals surface area (Å²) in [6.07, 6.45) is 1.89. The molecule has 2 N–H and O–H groups in total. The fourth-order valence-corrected chi connectivity index (χ4v) is 1.35. The summed E-state index contributed by atoms with van der Waals surface area (Å²) in [5.41, 5.74) is 7.37. The van der Waals surface area contributed by atoms with Crippen molar-refractivity contribution in [2.45, 2.75) is 6.54 Å². The summed E-state index contributed by atoms with van der Waals surface area (Å²) in [6.45, 7) is 0.461. The predicted molar refractivity (Wildman–Crippen MR) is 58.0 cm³/mol. The van der Waals surface area contributed by atoms with Crippen molar-refractivity contribution < 1.29 is 4.74 Å². The number of ether oxygens (including phenoxy) is 1. The molecule has 15 heavy (non-hydrogen) atoms. The molecule has 1 heterocycles. The number of nitrogens with zero attached hydrogens (tertiary/aromatic N) is 2. The third kappa shape index (κ3) is 1.99. The molecule has 2 aromatic rings. The maximum absolute atomic E-state index is 5.49. The number of nitrogens with two attached hydrogens (primary N) is 1. The molecule has 0 saturated carbocycles. The molecule has 0 unspecified atom stereocenters. The van der Waals surface area contributed by atoms with Crippen molar-refractivity contribution in [3.8, 4) is 11.4 Å². The summed E-state index contributed by atoms with van der Waals surface area (Å²) in [5, 5.41) is 4.31. The molecule has 4 heteroatoms. The first-order valence-corrected chi connectivity index (χ1v) is 4.72. The van der Waals surface area contributed by atoms with E-state index in [1.165, 1.54) is 0 Å². The average Bonchev–Trinajstić information content (AvgIpc) is 2.78. The summed E-state index contributed by atoms with van der Waals surface area (Å²) in [5.74, 6) is 0.838. The minimum atomic E-state index is 0.461. The summed E-state index contributed by atoms with van der Waals surface area (Å²) >= 11 is 0. The molecule has 2 rings (SSSR count). The van der Waals surface area contributed by atoms with Crippen LogP contribution in [-0.4, -0.2) is 16.9 Å². The van der Waals surface area contributed by atoms with Crippen LogP contribution in [0.1, 0.15) is 5.69 Å². The smallest absolute Gasteiger partial charge is 0.119 e. The highest BCUT2D eigenvalue weighted by molar-refractivity contribution is 5.36. The zero-order chi connectivity index (χ0) is 10.7. The minimum Gasteiger partial charge on any atom is -0.497 e. The summed E-state index contributed by atoms with van der Waals surface area (Å²) in [7, 11) is 1.65. The standard InChI is InChI=1S/C11H13N3O/c1-15-11-4-2-10(3-5-11)14-7-6-9(8-12)13-14/h2-7H,8,12H2,1H3. The molecule has 78 valence electrons. The van der Waals surface area contributed by atoms with Gasteiger partial charge in [-0.05, 0) is 30.3 Å². The van der Waals surface area contributed by atoms with Gasteiger partial charge in [0.1, 0.15) is 5.75 Å². The molecule has 0 amide bonds. The first-order valence-electron chi connectivity index (χ1n) is 4.72. The molecule has 0 saturated heterocycles. The van der Waals surface area contributed by atoms with Crippen LogP contribution in [-0.2, 0) is 6.54 Å². The van der Waals surface area contributed by atoms with E-state index in [0.717, 1.165) is 17.1 Å². The van der Waals surface area contributed by atoms with Crippen molar-refractivity contribution in [3.63, 3.8) is 0 Å². The SMILES string of the molecule is COc1ccc(-n2ccc(CN)n2)cc1. The second-order valence-corrected chi connectivity index (χ2v) is 3.15. The second kappa shape index (κ2) is 4.14. The summed E-state index contributed by atoms with van der Waals surface area (Å²) < 4.78 is 6.88. The van der Waals surface area contributed by atoms with E-state index in [4.69, 9.17) is 10.5 Å². The molecule has 0 aliphatic rings. The van der Waals surface area contributed by atoms with Gasteiger partial charge in [0, 0.05) is 12.7 Å². The zero-order valence-electron chi connectivity index (χ0n) is 8.55.